The van der Waals surface area contributed by atoms with Crippen molar-refractivity contribution in [1.29, 1.82) is 0 Å². The van der Waals surface area contributed by atoms with Crippen molar-refractivity contribution in [2.45, 2.75) is 38.2 Å². The standard InChI is InChI=1S/C14H16N2OS/c1-2-12-14(18-16-15-12)13(17)8-10-7-9-5-3-4-6-11(9)10/h3-6,10,13,17H,2,7-8H2,1H3. The molecule has 3 nitrogen and oxygen atoms in total. The maximum absolute atomic E-state index is 10.3. The second kappa shape index (κ2) is 4.78. The van der Waals surface area contributed by atoms with Gasteiger partial charge in [-0.05, 0) is 47.8 Å². The minimum absolute atomic E-state index is 0.418. The third-order valence-electron chi connectivity index (χ3n) is 3.69. The molecule has 0 spiro atoms. The number of nitrogens with zero attached hydrogens (tertiary/aromatic N) is 2. The summed E-state index contributed by atoms with van der Waals surface area (Å²) in [5.41, 5.74) is 3.76. The number of hydrogen-bond acceptors (Lipinski definition) is 4. The second-order valence-corrected chi connectivity index (χ2v) is 5.57. The van der Waals surface area contributed by atoms with Crippen LogP contribution in [-0.4, -0.2) is 14.7 Å². The molecule has 0 amide bonds. The fourth-order valence-corrected chi connectivity index (χ4v) is 3.40. The summed E-state index contributed by atoms with van der Waals surface area (Å²) in [5.74, 6) is 0.489. The summed E-state index contributed by atoms with van der Waals surface area (Å²) in [5, 5.41) is 14.4. The Bertz CT molecular complexity index is 552. The van der Waals surface area contributed by atoms with E-state index in [9.17, 15) is 5.11 Å². The lowest BCUT2D eigenvalue weighted by atomic mass is 9.74. The molecule has 0 bridgehead atoms. The van der Waals surface area contributed by atoms with Crippen molar-refractivity contribution < 1.29 is 5.11 Å². The predicted octanol–water partition coefficient (Wildman–Crippen LogP) is 2.86. The van der Waals surface area contributed by atoms with Gasteiger partial charge in [0.2, 0.25) is 0 Å². The Morgan fingerprint density at radius 2 is 2.28 bits per heavy atom. The van der Waals surface area contributed by atoms with Crippen molar-refractivity contribution in [2.75, 3.05) is 0 Å². The first-order chi connectivity index (χ1) is 8.79. The molecule has 1 aromatic carbocycles. The van der Waals surface area contributed by atoms with Crippen LogP contribution >= 0.6 is 11.5 Å². The molecule has 3 rings (SSSR count). The molecule has 1 aliphatic carbocycles. The monoisotopic (exact) mass is 260 g/mol. The van der Waals surface area contributed by atoms with E-state index in [4.69, 9.17) is 0 Å². The number of fused-ring (bicyclic) bond motifs is 1. The van der Waals surface area contributed by atoms with Gasteiger partial charge in [-0.3, -0.25) is 0 Å². The van der Waals surface area contributed by atoms with Gasteiger partial charge in [0.05, 0.1) is 16.7 Å². The Morgan fingerprint density at radius 1 is 1.44 bits per heavy atom. The summed E-state index contributed by atoms with van der Waals surface area (Å²) in [4.78, 5) is 0.946. The molecule has 0 radical (unpaired) electrons. The van der Waals surface area contributed by atoms with E-state index in [1.54, 1.807) is 0 Å². The minimum atomic E-state index is -0.418. The third kappa shape index (κ3) is 1.95. The summed E-state index contributed by atoms with van der Waals surface area (Å²) in [6.07, 6.45) is 2.29. The zero-order valence-electron chi connectivity index (χ0n) is 10.3. The molecule has 18 heavy (non-hydrogen) atoms. The average Bonchev–Trinajstić information content (AvgIpc) is 2.84. The van der Waals surface area contributed by atoms with Crippen LogP contribution in [0.2, 0.25) is 0 Å². The highest BCUT2D eigenvalue weighted by Gasteiger charge is 2.29. The van der Waals surface area contributed by atoms with Crippen LogP contribution in [0.4, 0.5) is 0 Å². The summed E-state index contributed by atoms with van der Waals surface area (Å²) in [7, 11) is 0. The van der Waals surface area contributed by atoms with Crippen LogP contribution < -0.4 is 0 Å². The first-order valence-electron chi connectivity index (χ1n) is 6.36. The molecule has 2 aromatic rings. The number of aryl methyl sites for hydroxylation is 1. The zero-order chi connectivity index (χ0) is 12.5. The number of aromatic nitrogens is 2. The van der Waals surface area contributed by atoms with E-state index in [0.717, 1.165) is 29.8 Å². The highest BCUT2D eigenvalue weighted by molar-refractivity contribution is 7.05. The van der Waals surface area contributed by atoms with Gasteiger partial charge in [-0.25, -0.2) is 0 Å². The summed E-state index contributed by atoms with van der Waals surface area (Å²) >= 11 is 1.33. The fraction of sp³-hybridized carbons (Fsp3) is 0.429. The Balaban J connectivity index is 1.72. The molecule has 0 fully saturated rings. The van der Waals surface area contributed by atoms with E-state index in [0.29, 0.717) is 5.92 Å². The lowest BCUT2D eigenvalue weighted by Crippen LogP contribution is -2.19. The van der Waals surface area contributed by atoms with Crippen molar-refractivity contribution in [2.24, 2.45) is 0 Å². The largest absolute Gasteiger partial charge is 0.387 e. The molecule has 0 saturated carbocycles. The van der Waals surface area contributed by atoms with Crippen LogP contribution in [0, 0.1) is 0 Å². The first kappa shape index (κ1) is 11.8. The predicted molar refractivity (Wildman–Crippen MR) is 71.8 cm³/mol. The lowest BCUT2D eigenvalue weighted by Gasteiger charge is -2.31. The SMILES string of the molecule is CCc1nnsc1C(O)CC1Cc2ccccc21. The Kier molecular flexibility index (Phi) is 3.14. The van der Waals surface area contributed by atoms with E-state index in [2.05, 4.69) is 33.9 Å². The van der Waals surface area contributed by atoms with Crippen LogP contribution in [0.1, 0.15) is 47.1 Å². The minimum Gasteiger partial charge on any atom is -0.387 e. The number of aliphatic hydroxyl groups is 1. The van der Waals surface area contributed by atoms with Crippen molar-refractivity contribution >= 4 is 11.5 Å². The van der Waals surface area contributed by atoms with Gasteiger partial charge in [0, 0.05) is 0 Å². The van der Waals surface area contributed by atoms with Crippen LogP contribution in [0.15, 0.2) is 24.3 Å². The summed E-state index contributed by atoms with van der Waals surface area (Å²) < 4.78 is 3.94. The molecule has 4 heteroatoms. The van der Waals surface area contributed by atoms with E-state index in [-0.39, 0.29) is 0 Å². The summed E-state index contributed by atoms with van der Waals surface area (Å²) in [6, 6.07) is 8.49. The highest BCUT2D eigenvalue weighted by atomic mass is 32.1. The molecule has 1 N–H and O–H groups in total. The molecule has 2 unspecified atom stereocenters. The molecule has 94 valence electrons. The maximum Gasteiger partial charge on any atom is 0.0923 e. The van der Waals surface area contributed by atoms with E-state index in [1.807, 2.05) is 6.92 Å². The number of rotatable bonds is 4. The van der Waals surface area contributed by atoms with Crippen molar-refractivity contribution in [3.8, 4) is 0 Å². The first-order valence-corrected chi connectivity index (χ1v) is 7.14. The van der Waals surface area contributed by atoms with Gasteiger partial charge in [0.15, 0.2) is 0 Å². The second-order valence-electron chi connectivity index (χ2n) is 4.79. The summed E-state index contributed by atoms with van der Waals surface area (Å²) in [6.45, 7) is 2.05. The zero-order valence-corrected chi connectivity index (χ0v) is 11.2. The van der Waals surface area contributed by atoms with Gasteiger partial charge < -0.3 is 5.11 Å². The fourth-order valence-electron chi connectivity index (χ4n) is 2.66. The molecular formula is C14H16N2OS. The maximum atomic E-state index is 10.3. The normalized spacial score (nSPS) is 19.1. The topological polar surface area (TPSA) is 46.0 Å². The van der Waals surface area contributed by atoms with Crippen LogP contribution in [0.25, 0.3) is 0 Å². The lowest BCUT2D eigenvalue weighted by molar-refractivity contribution is 0.156. The highest BCUT2D eigenvalue weighted by Crippen LogP contribution is 2.41. The third-order valence-corrected chi connectivity index (χ3v) is 4.56. The number of benzene rings is 1. The van der Waals surface area contributed by atoms with Crippen LogP contribution in [0.3, 0.4) is 0 Å². The van der Waals surface area contributed by atoms with E-state index in [1.165, 1.54) is 22.7 Å². The van der Waals surface area contributed by atoms with E-state index >= 15 is 0 Å². The molecule has 0 saturated heterocycles. The molecule has 2 atom stereocenters. The van der Waals surface area contributed by atoms with Gasteiger partial charge in [0.1, 0.15) is 0 Å². The average molecular weight is 260 g/mol. The van der Waals surface area contributed by atoms with Gasteiger partial charge in [0.25, 0.3) is 0 Å². The Labute approximate surface area is 111 Å². The molecule has 1 heterocycles. The molecular weight excluding hydrogens is 244 g/mol. The Hall–Kier alpha value is -1.26. The Morgan fingerprint density at radius 3 is 3.06 bits per heavy atom. The van der Waals surface area contributed by atoms with Crippen LogP contribution in [0.5, 0.6) is 0 Å². The van der Waals surface area contributed by atoms with E-state index < -0.39 is 6.10 Å². The molecule has 1 aromatic heterocycles. The van der Waals surface area contributed by atoms with Gasteiger partial charge >= 0.3 is 0 Å². The van der Waals surface area contributed by atoms with Gasteiger partial charge in [-0.1, -0.05) is 35.7 Å². The quantitative estimate of drug-likeness (QED) is 0.919. The van der Waals surface area contributed by atoms with Crippen molar-refractivity contribution in [1.82, 2.24) is 9.59 Å². The number of aliphatic hydroxyl groups excluding tert-OH is 1. The van der Waals surface area contributed by atoms with Crippen molar-refractivity contribution in [3.63, 3.8) is 0 Å². The van der Waals surface area contributed by atoms with Gasteiger partial charge in [-0.15, -0.1) is 5.10 Å². The van der Waals surface area contributed by atoms with Crippen molar-refractivity contribution in [3.05, 3.63) is 46.0 Å². The molecule has 1 aliphatic rings. The smallest absolute Gasteiger partial charge is 0.0923 e. The van der Waals surface area contributed by atoms with Gasteiger partial charge in [-0.2, -0.15) is 0 Å². The molecule has 0 aliphatic heterocycles. The number of hydrogen-bond donors (Lipinski definition) is 1. The van der Waals surface area contributed by atoms with Crippen LogP contribution in [-0.2, 0) is 12.8 Å².